The summed E-state index contributed by atoms with van der Waals surface area (Å²) in [7, 11) is 5.62. The molecule has 0 fully saturated rings. The molecule has 0 saturated carbocycles. The molecule has 25 heavy (non-hydrogen) atoms. The maximum absolute atomic E-state index is 12.1. The fourth-order valence-electron chi connectivity index (χ4n) is 2.48. The number of anilines is 1. The molecule has 0 heterocycles. The topological polar surface area (TPSA) is 53.6 Å². The second kappa shape index (κ2) is 9.30. The van der Waals surface area contributed by atoms with E-state index in [9.17, 15) is 4.79 Å². The number of rotatable bonds is 8. The third kappa shape index (κ3) is 5.66. The Morgan fingerprint density at radius 2 is 1.84 bits per heavy atom. The number of carbonyl (C=O) groups excluding carboxylic acids is 1. The first-order chi connectivity index (χ1) is 12.0. The fourth-order valence-corrected chi connectivity index (χ4v) is 2.68. The van der Waals surface area contributed by atoms with Crippen molar-refractivity contribution in [1.82, 2.24) is 10.2 Å². The molecule has 2 aromatic rings. The van der Waals surface area contributed by atoms with Gasteiger partial charge in [-0.05, 0) is 43.9 Å². The molecule has 0 aromatic heterocycles. The zero-order valence-electron chi connectivity index (χ0n) is 14.8. The average molecular weight is 362 g/mol. The Balaban J connectivity index is 1.89. The number of ether oxygens (including phenoxy) is 1. The highest BCUT2D eigenvalue weighted by molar-refractivity contribution is 6.33. The predicted molar refractivity (Wildman–Crippen MR) is 102 cm³/mol. The summed E-state index contributed by atoms with van der Waals surface area (Å²) in [6.07, 6.45) is 0. The van der Waals surface area contributed by atoms with E-state index in [1.807, 2.05) is 56.6 Å². The van der Waals surface area contributed by atoms with Crippen molar-refractivity contribution in [2.24, 2.45) is 0 Å². The molecule has 0 bridgehead atoms. The van der Waals surface area contributed by atoms with Crippen molar-refractivity contribution in [3.8, 4) is 5.75 Å². The van der Waals surface area contributed by atoms with E-state index in [1.54, 1.807) is 13.2 Å². The lowest BCUT2D eigenvalue weighted by Gasteiger charge is -2.25. The molecule has 2 N–H and O–H groups in total. The van der Waals surface area contributed by atoms with E-state index in [0.29, 0.717) is 11.6 Å². The number of likely N-dealkylation sites (N-methyl/N-ethyl adjacent to an activating group) is 1. The van der Waals surface area contributed by atoms with Gasteiger partial charge in [0.1, 0.15) is 5.75 Å². The summed E-state index contributed by atoms with van der Waals surface area (Å²) in [5.74, 6) is 0.731. The fraction of sp³-hybridized carbons (Fsp3) is 0.316. The average Bonchev–Trinajstić information content (AvgIpc) is 2.61. The Hall–Kier alpha value is -2.24. The number of halogens is 1. The molecule has 6 heteroatoms. The van der Waals surface area contributed by atoms with Gasteiger partial charge in [-0.1, -0.05) is 35.9 Å². The summed E-state index contributed by atoms with van der Waals surface area (Å²) in [5, 5.41) is 6.61. The summed E-state index contributed by atoms with van der Waals surface area (Å²) in [5.41, 5.74) is 1.86. The van der Waals surface area contributed by atoms with E-state index in [4.69, 9.17) is 16.3 Å². The third-order valence-corrected chi connectivity index (χ3v) is 4.26. The molecule has 5 nitrogen and oxygen atoms in total. The lowest BCUT2D eigenvalue weighted by molar-refractivity contribution is -0.119. The number of amides is 1. The Bertz CT molecular complexity index is 689. The zero-order valence-corrected chi connectivity index (χ0v) is 15.5. The van der Waals surface area contributed by atoms with Crippen molar-refractivity contribution in [2.75, 3.05) is 39.6 Å². The number of hydrogen-bond donors (Lipinski definition) is 2. The summed E-state index contributed by atoms with van der Waals surface area (Å²) in [6, 6.07) is 15.3. The van der Waals surface area contributed by atoms with E-state index in [-0.39, 0.29) is 18.5 Å². The van der Waals surface area contributed by atoms with Crippen LogP contribution >= 0.6 is 11.6 Å². The summed E-state index contributed by atoms with van der Waals surface area (Å²) < 4.78 is 5.19. The van der Waals surface area contributed by atoms with Crippen LogP contribution in [0.4, 0.5) is 5.69 Å². The second-order valence-corrected chi connectivity index (χ2v) is 6.30. The first kappa shape index (κ1) is 19.1. The second-order valence-electron chi connectivity index (χ2n) is 5.89. The van der Waals surface area contributed by atoms with Crippen LogP contribution < -0.4 is 15.4 Å². The molecule has 0 aliphatic carbocycles. The maximum Gasteiger partial charge on any atom is 0.239 e. The van der Waals surface area contributed by atoms with Gasteiger partial charge >= 0.3 is 0 Å². The molecule has 134 valence electrons. The molecule has 0 aliphatic rings. The van der Waals surface area contributed by atoms with Crippen LogP contribution in [-0.2, 0) is 4.79 Å². The van der Waals surface area contributed by atoms with Crippen LogP contribution in [0.3, 0.4) is 0 Å². The van der Waals surface area contributed by atoms with Crippen molar-refractivity contribution in [2.45, 2.75) is 6.04 Å². The van der Waals surface area contributed by atoms with Crippen LogP contribution in [0.2, 0.25) is 5.02 Å². The molecule has 1 unspecified atom stereocenters. The molecule has 0 spiro atoms. The first-order valence-electron chi connectivity index (χ1n) is 8.06. The van der Waals surface area contributed by atoms with Crippen molar-refractivity contribution in [3.05, 3.63) is 59.1 Å². The highest BCUT2D eigenvalue weighted by atomic mass is 35.5. The number of methoxy groups -OCH3 is 1. The van der Waals surface area contributed by atoms with Gasteiger partial charge < -0.3 is 20.3 Å². The van der Waals surface area contributed by atoms with Crippen molar-refractivity contribution >= 4 is 23.2 Å². The van der Waals surface area contributed by atoms with Crippen LogP contribution in [0, 0.1) is 0 Å². The normalized spacial score (nSPS) is 11.9. The van der Waals surface area contributed by atoms with Crippen LogP contribution in [-0.4, -0.2) is 45.1 Å². The Morgan fingerprint density at radius 3 is 2.44 bits per heavy atom. The van der Waals surface area contributed by atoms with E-state index >= 15 is 0 Å². The number of nitrogens with one attached hydrogen (secondary N) is 2. The zero-order chi connectivity index (χ0) is 18.2. The molecule has 0 radical (unpaired) electrons. The number of carbonyl (C=O) groups is 1. The van der Waals surface area contributed by atoms with Gasteiger partial charge in [0.15, 0.2) is 0 Å². The monoisotopic (exact) mass is 361 g/mol. The van der Waals surface area contributed by atoms with Crippen LogP contribution in [0.1, 0.15) is 11.6 Å². The van der Waals surface area contributed by atoms with Crippen LogP contribution in [0.15, 0.2) is 48.5 Å². The summed E-state index contributed by atoms with van der Waals surface area (Å²) in [4.78, 5) is 14.2. The van der Waals surface area contributed by atoms with Crippen molar-refractivity contribution < 1.29 is 9.53 Å². The number of hydrogen-bond acceptors (Lipinski definition) is 4. The van der Waals surface area contributed by atoms with Gasteiger partial charge in [-0.25, -0.2) is 0 Å². The van der Waals surface area contributed by atoms with Crippen LogP contribution in [0.25, 0.3) is 0 Å². The minimum Gasteiger partial charge on any atom is -0.497 e. The van der Waals surface area contributed by atoms with Gasteiger partial charge in [-0.15, -0.1) is 0 Å². The third-order valence-electron chi connectivity index (χ3n) is 3.93. The molecular weight excluding hydrogens is 338 g/mol. The lowest BCUT2D eigenvalue weighted by Crippen LogP contribution is -2.37. The van der Waals surface area contributed by atoms with Gasteiger partial charge in [0.05, 0.1) is 30.4 Å². The summed E-state index contributed by atoms with van der Waals surface area (Å²) >= 11 is 6.07. The molecular formula is C19H24ClN3O2. The van der Waals surface area contributed by atoms with Gasteiger partial charge in [-0.2, -0.15) is 0 Å². The quantitative estimate of drug-likeness (QED) is 0.758. The van der Waals surface area contributed by atoms with Gasteiger partial charge in [0.25, 0.3) is 0 Å². The maximum atomic E-state index is 12.1. The van der Waals surface area contributed by atoms with Gasteiger partial charge in [0, 0.05) is 6.54 Å². The number of para-hydroxylation sites is 1. The highest BCUT2D eigenvalue weighted by Gasteiger charge is 2.15. The van der Waals surface area contributed by atoms with Crippen molar-refractivity contribution in [1.29, 1.82) is 0 Å². The Kier molecular flexibility index (Phi) is 7.10. The molecule has 0 aliphatic heterocycles. The Morgan fingerprint density at radius 1 is 1.16 bits per heavy atom. The molecule has 1 atom stereocenters. The van der Waals surface area contributed by atoms with E-state index < -0.39 is 0 Å². The molecule has 0 saturated heterocycles. The predicted octanol–water partition coefficient (Wildman–Crippen LogP) is 3.18. The van der Waals surface area contributed by atoms with Gasteiger partial charge in [0.2, 0.25) is 5.91 Å². The Labute approximate surface area is 153 Å². The summed E-state index contributed by atoms with van der Waals surface area (Å²) in [6.45, 7) is 0.689. The highest BCUT2D eigenvalue weighted by Crippen LogP contribution is 2.21. The van der Waals surface area contributed by atoms with Gasteiger partial charge in [-0.3, -0.25) is 4.79 Å². The smallest absolute Gasteiger partial charge is 0.239 e. The van der Waals surface area contributed by atoms with E-state index in [1.165, 1.54) is 0 Å². The van der Waals surface area contributed by atoms with E-state index in [0.717, 1.165) is 17.0 Å². The number of nitrogens with zero attached hydrogens (tertiary/aromatic N) is 1. The lowest BCUT2D eigenvalue weighted by atomic mass is 10.1. The molecule has 2 rings (SSSR count). The minimum absolute atomic E-state index is 0.0789. The SMILES string of the molecule is COc1ccc(C(CNC(=O)CNc2ccccc2Cl)N(C)C)cc1. The minimum atomic E-state index is -0.0831. The standard InChI is InChI=1S/C19H24ClN3O2/c1-23(2)18(14-8-10-15(25-3)11-9-14)12-22-19(24)13-21-17-7-5-4-6-16(17)20/h4-11,18,21H,12-13H2,1-3H3,(H,22,24). The molecule has 1 amide bonds. The largest absolute Gasteiger partial charge is 0.497 e. The van der Waals surface area contributed by atoms with Crippen LogP contribution in [0.5, 0.6) is 5.75 Å². The van der Waals surface area contributed by atoms with Crippen molar-refractivity contribution in [3.63, 3.8) is 0 Å². The number of benzene rings is 2. The first-order valence-corrected chi connectivity index (χ1v) is 8.44. The van der Waals surface area contributed by atoms with E-state index in [2.05, 4.69) is 15.5 Å². The molecule has 2 aromatic carbocycles.